The summed E-state index contributed by atoms with van der Waals surface area (Å²) in [7, 11) is 0. The predicted molar refractivity (Wildman–Crippen MR) is 136 cm³/mol. The van der Waals surface area contributed by atoms with Gasteiger partial charge in [0.1, 0.15) is 11.6 Å². The average molecular weight is 483 g/mol. The Bertz CT molecular complexity index is 1240. The van der Waals surface area contributed by atoms with Crippen molar-refractivity contribution in [2.24, 2.45) is 0 Å². The molecule has 8 heteroatoms. The number of nitrogens with one attached hydrogen (secondary N) is 1. The highest BCUT2D eigenvalue weighted by atomic mass is 35.5. The summed E-state index contributed by atoms with van der Waals surface area (Å²) in [6.45, 7) is 7.01. The molecule has 0 fully saturated rings. The first-order valence-corrected chi connectivity index (χ1v) is 12.5. The average Bonchev–Trinajstić information content (AvgIpc) is 3.25. The van der Waals surface area contributed by atoms with Crippen molar-refractivity contribution in [3.8, 4) is 22.8 Å². The highest BCUT2D eigenvalue weighted by Crippen LogP contribution is 2.36. The summed E-state index contributed by atoms with van der Waals surface area (Å²) in [6, 6.07) is 12.1. The maximum Gasteiger partial charge on any atom is 0.163 e. The Morgan fingerprint density at radius 3 is 2.48 bits per heavy atom. The van der Waals surface area contributed by atoms with Crippen molar-refractivity contribution in [2.45, 2.75) is 33.6 Å². The Kier molecular flexibility index (Phi) is 7.62. The Morgan fingerprint density at radius 1 is 1.00 bits per heavy atom. The molecule has 0 atom stereocenters. The van der Waals surface area contributed by atoms with Gasteiger partial charge in [-0.2, -0.15) is 0 Å². The van der Waals surface area contributed by atoms with Crippen LogP contribution in [0.5, 0.6) is 11.5 Å². The van der Waals surface area contributed by atoms with Crippen molar-refractivity contribution in [1.82, 2.24) is 15.0 Å². The molecule has 0 saturated carbocycles. The molecule has 1 N–H and O–H groups in total. The van der Waals surface area contributed by atoms with E-state index in [9.17, 15) is 0 Å². The number of nitrogens with zero attached hydrogens (tertiary/aromatic N) is 3. The number of halogens is 1. The first kappa shape index (κ1) is 23.3. The van der Waals surface area contributed by atoms with Crippen LogP contribution in [0.4, 0.5) is 11.5 Å². The lowest BCUT2D eigenvalue weighted by Crippen LogP contribution is -2.04. The SMILES string of the molecule is CCOc1cc2nc(CCCCl)nc(Nc3cccc(-c4csc(C)n4)c3)c2cc1OCC. The van der Waals surface area contributed by atoms with Gasteiger partial charge in [0.15, 0.2) is 11.5 Å². The largest absolute Gasteiger partial charge is 0.490 e. The second-order valence-electron chi connectivity index (χ2n) is 7.42. The van der Waals surface area contributed by atoms with E-state index in [1.807, 2.05) is 45.0 Å². The third-order valence-electron chi connectivity index (χ3n) is 4.98. The number of aromatic nitrogens is 3. The lowest BCUT2D eigenvalue weighted by molar-refractivity contribution is 0.288. The number of anilines is 2. The standard InChI is InChI=1S/C25H27ClN4O2S/c1-4-31-22-13-19-20(14-23(22)32-5-2)29-24(10-7-11-26)30-25(19)28-18-9-6-8-17(12-18)21-15-33-16(3)27-21/h6,8-9,12-15H,4-5,7,10-11H2,1-3H3,(H,28,29,30). The first-order valence-electron chi connectivity index (χ1n) is 11.1. The molecule has 6 nitrogen and oxygen atoms in total. The molecule has 4 aromatic rings. The molecule has 0 spiro atoms. The van der Waals surface area contributed by atoms with E-state index >= 15 is 0 Å². The van der Waals surface area contributed by atoms with E-state index in [1.54, 1.807) is 11.3 Å². The van der Waals surface area contributed by atoms with Crippen LogP contribution in [0.2, 0.25) is 0 Å². The summed E-state index contributed by atoms with van der Waals surface area (Å²) in [5.74, 6) is 3.38. The summed E-state index contributed by atoms with van der Waals surface area (Å²) in [6.07, 6.45) is 1.50. The van der Waals surface area contributed by atoms with Crippen LogP contribution >= 0.6 is 22.9 Å². The molecule has 0 aliphatic rings. The van der Waals surface area contributed by atoms with Gasteiger partial charge in [0, 0.05) is 40.4 Å². The lowest BCUT2D eigenvalue weighted by Gasteiger charge is -2.15. The van der Waals surface area contributed by atoms with Gasteiger partial charge in [-0.05, 0) is 45.4 Å². The molecule has 0 amide bonds. The molecule has 0 unspecified atom stereocenters. The second-order valence-corrected chi connectivity index (χ2v) is 8.86. The molecule has 2 aromatic carbocycles. The van der Waals surface area contributed by atoms with Crippen LogP contribution in [0.1, 0.15) is 31.1 Å². The first-order chi connectivity index (χ1) is 16.1. The highest BCUT2D eigenvalue weighted by molar-refractivity contribution is 7.09. The zero-order chi connectivity index (χ0) is 23.2. The van der Waals surface area contributed by atoms with Crippen molar-refractivity contribution >= 4 is 45.3 Å². The van der Waals surface area contributed by atoms with Crippen molar-refractivity contribution in [2.75, 3.05) is 24.4 Å². The summed E-state index contributed by atoms with van der Waals surface area (Å²) in [5.41, 5.74) is 3.75. The molecule has 0 bridgehead atoms. The minimum atomic E-state index is 0.540. The van der Waals surface area contributed by atoms with Crippen molar-refractivity contribution in [3.05, 3.63) is 52.6 Å². The number of hydrogen-bond acceptors (Lipinski definition) is 7. The summed E-state index contributed by atoms with van der Waals surface area (Å²) < 4.78 is 11.7. The zero-order valence-corrected chi connectivity index (χ0v) is 20.6. The van der Waals surface area contributed by atoms with Crippen molar-refractivity contribution < 1.29 is 9.47 Å². The Labute approximate surface area is 203 Å². The van der Waals surface area contributed by atoms with Gasteiger partial charge < -0.3 is 14.8 Å². The fraction of sp³-hybridized carbons (Fsp3) is 0.320. The van der Waals surface area contributed by atoms with E-state index in [2.05, 4.69) is 27.8 Å². The third kappa shape index (κ3) is 5.54. The number of aryl methyl sites for hydroxylation is 2. The van der Waals surface area contributed by atoms with Gasteiger partial charge in [0.2, 0.25) is 0 Å². The van der Waals surface area contributed by atoms with Gasteiger partial charge >= 0.3 is 0 Å². The van der Waals surface area contributed by atoms with Crippen LogP contribution in [-0.2, 0) is 6.42 Å². The van der Waals surface area contributed by atoms with Gasteiger partial charge in [0.05, 0.1) is 29.4 Å². The molecule has 33 heavy (non-hydrogen) atoms. The highest BCUT2D eigenvalue weighted by Gasteiger charge is 2.15. The number of hydrogen-bond donors (Lipinski definition) is 1. The number of fused-ring (bicyclic) bond motifs is 1. The van der Waals surface area contributed by atoms with Gasteiger partial charge in [-0.15, -0.1) is 22.9 Å². The van der Waals surface area contributed by atoms with Crippen LogP contribution in [0.3, 0.4) is 0 Å². The number of benzene rings is 2. The Morgan fingerprint density at radius 2 is 1.79 bits per heavy atom. The molecule has 0 aliphatic carbocycles. The smallest absolute Gasteiger partial charge is 0.163 e. The molecule has 0 saturated heterocycles. The van der Waals surface area contributed by atoms with Gasteiger partial charge in [-0.25, -0.2) is 15.0 Å². The molecule has 0 aliphatic heterocycles. The van der Waals surface area contributed by atoms with E-state index in [0.29, 0.717) is 37.0 Å². The van der Waals surface area contributed by atoms with Crippen LogP contribution in [0.25, 0.3) is 22.2 Å². The molecule has 4 rings (SSSR count). The van der Waals surface area contributed by atoms with Gasteiger partial charge in [-0.3, -0.25) is 0 Å². The van der Waals surface area contributed by atoms with Crippen LogP contribution in [0.15, 0.2) is 41.8 Å². The summed E-state index contributed by atoms with van der Waals surface area (Å²) >= 11 is 7.57. The molecule has 0 radical (unpaired) electrons. The number of ether oxygens (including phenoxy) is 2. The molecular formula is C25H27ClN4O2S. The van der Waals surface area contributed by atoms with Crippen LogP contribution < -0.4 is 14.8 Å². The van der Waals surface area contributed by atoms with Gasteiger partial charge in [0.25, 0.3) is 0 Å². The fourth-order valence-electron chi connectivity index (χ4n) is 3.54. The molecule has 172 valence electrons. The van der Waals surface area contributed by atoms with Crippen LogP contribution in [0, 0.1) is 6.92 Å². The minimum Gasteiger partial charge on any atom is -0.490 e. The summed E-state index contributed by atoms with van der Waals surface area (Å²) in [4.78, 5) is 14.2. The zero-order valence-electron chi connectivity index (χ0n) is 19.0. The lowest BCUT2D eigenvalue weighted by atomic mass is 10.1. The monoisotopic (exact) mass is 482 g/mol. The van der Waals surface area contributed by atoms with Crippen molar-refractivity contribution in [3.63, 3.8) is 0 Å². The maximum absolute atomic E-state index is 5.93. The fourth-order valence-corrected chi connectivity index (χ4v) is 4.30. The summed E-state index contributed by atoms with van der Waals surface area (Å²) in [5, 5.41) is 7.48. The normalized spacial score (nSPS) is 11.0. The second kappa shape index (κ2) is 10.8. The maximum atomic E-state index is 5.93. The van der Waals surface area contributed by atoms with Crippen molar-refractivity contribution in [1.29, 1.82) is 0 Å². The van der Waals surface area contributed by atoms with E-state index in [4.69, 9.17) is 31.0 Å². The molecule has 2 heterocycles. The van der Waals surface area contributed by atoms with Gasteiger partial charge in [-0.1, -0.05) is 12.1 Å². The molecular weight excluding hydrogens is 456 g/mol. The minimum absolute atomic E-state index is 0.540. The van der Waals surface area contributed by atoms with E-state index in [0.717, 1.165) is 50.9 Å². The third-order valence-corrected chi connectivity index (χ3v) is 6.02. The molecule has 2 aromatic heterocycles. The quantitative estimate of drug-likeness (QED) is 0.251. The number of thiazole rings is 1. The van der Waals surface area contributed by atoms with E-state index in [-0.39, 0.29) is 0 Å². The Balaban J connectivity index is 1.78. The number of rotatable bonds is 10. The van der Waals surface area contributed by atoms with Crippen LogP contribution in [-0.4, -0.2) is 34.0 Å². The predicted octanol–water partition coefficient (Wildman–Crippen LogP) is 6.77. The topological polar surface area (TPSA) is 69.2 Å². The van der Waals surface area contributed by atoms with E-state index < -0.39 is 0 Å². The number of alkyl halides is 1. The Hall–Kier alpha value is -2.90. The van der Waals surface area contributed by atoms with E-state index in [1.165, 1.54) is 0 Å².